The van der Waals surface area contributed by atoms with E-state index in [9.17, 15) is 14.4 Å². The lowest BCUT2D eigenvalue weighted by Crippen LogP contribution is -2.63. The molecule has 3 aliphatic rings. The average molecular weight is 400 g/mol. The van der Waals surface area contributed by atoms with Crippen molar-refractivity contribution in [3.05, 3.63) is 24.3 Å². The van der Waals surface area contributed by atoms with Crippen LogP contribution in [0, 0.1) is 11.8 Å². The Hall–Kier alpha value is -2.61. The summed E-state index contributed by atoms with van der Waals surface area (Å²) in [5.74, 6) is 0.280. The zero-order valence-corrected chi connectivity index (χ0v) is 16.8. The molecule has 1 atom stereocenters. The molecule has 3 fully saturated rings. The number of carbonyl (C=O) groups is 3. The van der Waals surface area contributed by atoms with Crippen molar-refractivity contribution in [2.45, 2.75) is 25.3 Å². The highest BCUT2D eigenvalue weighted by molar-refractivity contribution is 6.00. The van der Waals surface area contributed by atoms with E-state index in [4.69, 9.17) is 10.5 Å². The third kappa shape index (κ3) is 3.94. The standard InChI is InChI=1S/C21H28N4O4/c1-29-18-4-2-16(3-5-18)25-11-15(10-19(25)26)21(28)24-12-17(13-24)23-8-6-14(7-9-23)20(22)27/h2-5,14-15,17H,6-13H2,1H3,(H2,22,27). The number of anilines is 1. The normalized spacial score (nSPS) is 23.9. The molecule has 0 spiro atoms. The summed E-state index contributed by atoms with van der Waals surface area (Å²) in [4.78, 5) is 42.5. The summed E-state index contributed by atoms with van der Waals surface area (Å²) in [6.45, 7) is 3.54. The Labute approximate surface area is 170 Å². The lowest BCUT2D eigenvalue weighted by molar-refractivity contribution is -0.143. The summed E-state index contributed by atoms with van der Waals surface area (Å²) in [5.41, 5.74) is 6.19. The number of benzene rings is 1. The molecular formula is C21H28N4O4. The summed E-state index contributed by atoms with van der Waals surface area (Å²) >= 11 is 0. The maximum absolute atomic E-state index is 12.9. The number of hydrogen-bond acceptors (Lipinski definition) is 5. The minimum absolute atomic E-state index is 0.0147. The first-order chi connectivity index (χ1) is 14.0. The Balaban J connectivity index is 1.28. The zero-order chi connectivity index (χ0) is 20.5. The van der Waals surface area contributed by atoms with E-state index in [-0.39, 0.29) is 36.0 Å². The maximum Gasteiger partial charge on any atom is 0.228 e. The van der Waals surface area contributed by atoms with E-state index >= 15 is 0 Å². The molecule has 0 radical (unpaired) electrons. The van der Waals surface area contributed by atoms with Crippen LogP contribution in [0.3, 0.4) is 0 Å². The van der Waals surface area contributed by atoms with Gasteiger partial charge in [-0.25, -0.2) is 0 Å². The molecule has 8 nitrogen and oxygen atoms in total. The molecule has 2 N–H and O–H groups in total. The van der Waals surface area contributed by atoms with E-state index in [1.165, 1.54) is 0 Å². The molecule has 0 aromatic heterocycles. The van der Waals surface area contributed by atoms with Crippen LogP contribution in [-0.4, -0.2) is 73.4 Å². The molecule has 0 saturated carbocycles. The second-order valence-corrected chi connectivity index (χ2v) is 8.21. The number of primary amides is 1. The molecule has 1 unspecified atom stereocenters. The third-order valence-corrected chi connectivity index (χ3v) is 6.48. The van der Waals surface area contributed by atoms with Crippen molar-refractivity contribution < 1.29 is 19.1 Å². The van der Waals surface area contributed by atoms with Gasteiger partial charge in [0.25, 0.3) is 0 Å². The quantitative estimate of drug-likeness (QED) is 0.775. The number of ether oxygens (including phenoxy) is 1. The number of rotatable bonds is 5. The van der Waals surface area contributed by atoms with Crippen molar-refractivity contribution in [2.24, 2.45) is 17.6 Å². The first kappa shape index (κ1) is 19.7. The number of likely N-dealkylation sites (tertiary alicyclic amines) is 2. The van der Waals surface area contributed by atoms with Gasteiger partial charge in [-0.15, -0.1) is 0 Å². The van der Waals surface area contributed by atoms with Gasteiger partial charge >= 0.3 is 0 Å². The van der Waals surface area contributed by atoms with Gasteiger partial charge < -0.3 is 20.3 Å². The van der Waals surface area contributed by atoms with E-state index in [2.05, 4.69) is 4.90 Å². The minimum Gasteiger partial charge on any atom is -0.497 e. The molecule has 0 bridgehead atoms. The van der Waals surface area contributed by atoms with Gasteiger partial charge in [-0.05, 0) is 50.2 Å². The number of carbonyl (C=O) groups excluding carboxylic acids is 3. The maximum atomic E-state index is 12.9. The Morgan fingerprint density at radius 3 is 2.28 bits per heavy atom. The molecule has 3 saturated heterocycles. The van der Waals surface area contributed by atoms with Gasteiger partial charge in [0.2, 0.25) is 17.7 Å². The van der Waals surface area contributed by atoms with Gasteiger partial charge in [-0.3, -0.25) is 19.3 Å². The van der Waals surface area contributed by atoms with Crippen LogP contribution >= 0.6 is 0 Å². The van der Waals surface area contributed by atoms with Crippen LogP contribution in [0.25, 0.3) is 0 Å². The van der Waals surface area contributed by atoms with E-state index < -0.39 is 0 Å². The fourth-order valence-electron chi connectivity index (χ4n) is 4.56. The monoisotopic (exact) mass is 400 g/mol. The van der Waals surface area contributed by atoms with Crippen LogP contribution in [0.2, 0.25) is 0 Å². The predicted octanol–water partition coefficient (Wildman–Crippen LogP) is 0.456. The molecule has 29 heavy (non-hydrogen) atoms. The molecule has 3 amide bonds. The van der Waals surface area contributed by atoms with Crippen LogP contribution < -0.4 is 15.4 Å². The topological polar surface area (TPSA) is 96.2 Å². The number of amides is 3. The SMILES string of the molecule is COc1ccc(N2CC(C(=O)N3CC(N4CCC(C(N)=O)CC4)C3)CC2=O)cc1. The summed E-state index contributed by atoms with van der Waals surface area (Å²) in [5, 5.41) is 0. The largest absolute Gasteiger partial charge is 0.497 e. The fraction of sp³-hybridized carbons (Fsp3) is 0.571. The molecule has 8 heteroatoms. The van der Waals surface area contributed by atoms with Gasteiger partial charge in [0, 0.05) is 43.7 Å². The minimum atomic E-state index is -0.286. The predicted molar refractivity (Wildman–Crippen MR) is 107 cm³/mol. The van der Waals surface area contributed by atoms with Crippen molar-refractivity contribution in [3.8, 4) is 5.75 Å². The van der Waals surface area contributed by atoms with Crippen molar-refractivity contribution in [1.82, 2.24) is 9.80 Å². The summed E-state index contributed by atoms with van der Waals surface area (Å²) in [7, 11) is 1.60. The molecule has 1 aromatic rings. The summed E-state index contributed by atoms with van der Waals surface area (Å²) in [6, 6.07) is 7.68. The number of hydrogen-bond donors (Lipinski definition) is 1. The fourth-order valence-corrected chi connectivity index (χ4v) is 4.56. The van der Waals surface area contributed by atoms with E-state index in [1.807, 2.05) is 29.2 Å². The lowest BCUT2D eigenvalue weighted by atomic mass is 9.93. The van der Waals surface area contributed by atoms with Crippen LogP contribution in [0.5, 0.6) is 5.75 Å². The highest BCUT2D eigenvalue weighted by Gasteiger charge is 2.42. The van der Waals surface area contributed by atoms with E-state index in [1.54, 1.807) is 12.0 Å². The highest BCUT2D eigenvalue weighted by atomic mass is 16.5. The van der Waals surface area contributed by atoms with Crippen LogP contribution in [0.4, 0.5) is 5.69 Å². The second-order valence-electron chi connectivity index (χ2n) is 8.21. The van der Waals surface area contributed by atoms with Crippen LogP contribution in [0.15, 0.2) is 24.3 Å². The van der Waals surface area contributed by atoms with Gasteiger partial charge in [-0.2, -0.15) is 0 Å². The van der Waals surface area contributed by atoms with E-state index in [0.717, 1.165) is 37.4 Å². The van der Waals surface area contributed by atoms with Crippen LogP contribution in [-0.2, 0) is 14.4 Å². The lowest BCUT2D eigenvalue weighted by Gasteiger charge is -2.48. The van der Waals surface area contributed by atoms with E-state index in [0.29, 0.717) is 25.7 Å². The Morgan fingerprint density at radius 2 is 1.69 bits per heavy atom. The van der Waals surface area contributed by atoms with Crippen molar-refractivity contribution in [1.29, 1.82) is 0 Å². The molecule has 0 aliphatic carbocycles. The van der Waals surface area contributed by atoms with Gasteiger partial charge in [0.15, 0.2) is 0 Å². The number of nitrogens with zero attached hydrogens (tertiary/aromatic N) is 3. The Bertz CT molecular complexity index is 782. The van der Waals surface area contributed by atoms with Gasteiger partial charge in [0.05, 0.1) is 13.0 Å². The van der Waals surface area contributed by atoms with Crippen molar-refractivity contribution in [3.63, 3.8) is 0 Å². The first-order valence-corrected chi connectivity index (χ1v) is 10.2. The molecule has 156 valence electrons. The van der Waals surface area contributed by atoms with Crippen molar-refractivity contribution in [2.75, 3.05) is 44.7 Å². The van der Waals surface area contributed by atoms with Crippen molar-refractivity contribution >= 4 is 23.4 Å². The Morgan fingerprint density at radius 1 is 1.03 bits per heavy atom. The zero-order valence-electron chi connectivity index (χ0n) is 16.8. The molecule has 3 heterocycles. The molecule has 4 rings (SSSR count). The number of piperidine rings is 1. The average Bonchev–Trinajstić information content (AvgIpc) is 3.09. The summed E-state index contributed by atoms with van der Waals surface area (Å²) < 4.78 is 5.16. The van der Waals surface area contributed by atoms with Gasteiger partial charge in [-0.1, -0.05) is 0 Å². The number of nitrogens with two attached hydrogens (primary N) is 1. The van der Waals surface area contributed by atoms with Crippen LogP contribution in [0.1, 0.15) is 19.3 Å². The second kappa shape index (κ2) is 8.02. The summed E-state index contributed by atoms with van der Waals surface area (Å²) in [6.07, 6.45) is 1.86. The first-order valence-electron chi connectivity index (χ1n) is 10.2. The third-order valence-electron chi connectivity index (χ3n) is 6.48. The molecular weight excluding hydrogens is 372 g/mol. The van der Waals surface area contributed by atoms with Gasteiger partial charge in [0.1, 0.15) is 5.75 Å². The smallest absolute Gasteiger partial charge is 0.228 e. The molecule has 1 aromatic carbocycles. The number of methoxy groups -OCH3 is 1. The molecule has 3 aliphatic heterocycles. The Kier molecular flexibility index (Phi) is 5.45. The highest BCUT2D eigenvalue weighted by Crippen LogP contribution is 2.30.